The fourth-order valence-electron chi connectivity index (χ4n) is 4.09. The first-order valence-electron chi connectivity index (χ1n) is 12.1. The molecule has 0 saturated heterocycles. The largest absolute Gasteiger partial charge is 0.390 e. The van der Waals surface area contributed by atoms with Gasteiger partial charge in [-0.1, -0.05) is 62.7 Å². The Morgan fingerprint density at radius 3 is 2.36 bits per heavy atom. The van der Waals surface area contributed by atoms with Crippen molar-refractivity contribution in [1.29, 1.82) is 0 Å². The predicted octanol–water partition coefficient (Wildman–Crippen LogP) is 4.57. The first-order valence-corrected chi connectivity index (χ1v) is 13.6. The molecule has 0 fully saturated rings. The molecule has 0 radical (unpaired) electrons. The van der Waals surface area contributed by atoms with Crippen LogP contribution < -0.4 is 5.32 Å². The van der Waals surface area contributed by atoms with Crippen LogP contribution in [0.1, 0.15) is 63.6 Å². The molecular weight excluding hydrogens is 432 g/mol. The van der Waals surface area contributed by atoms with Gasteiger partial charge in [-0.3, -0.25) is 0 Å². The number of sulfonamides is 1. The van der Waals surface area contributed by atoms with E-state index >= 15 is 0 Å². The maximum atomic E-state index is 13.2. The molecule has 2 rings (SSSR count). The van der Waals surface area contributed by atoms with E-state index in [9.17, 15) is 13.5 Å². The molecule has 2 aromatic rings. The highest BCUT2D eigenvalue weighted by Crippen LogP contribution is 2.22. The summed E-state index contributed by atoms with van der Waals surface area (Å²) in [4.78, 5) is 0.341. The molecule has 6 heteroatoms. The maximum Gasteiger partial charge on any atom is 0.243 e. The Hall–Kier alpha value is -1.73. The van der Waals surface area contributed by atoms with Crippen molar-refractivity contribution in [3.8, 4) is 0 Å². The lowest BCUT2D eigenvalue weighted by Gasteiger charge is -2.29. The molecule has 184 valence electrons. The fraction of sp³-hybridized carbons (Fsp3) is 0.556. The molecule has 0 unspecified atom stereocenters. The van der Waals surface area contributed by atoms with Gasteiger partial charge in [-0.2, -0.15) is 4.31 Å². The minimum atomic E-state index is -3.66. The van der Waals surface area contributed by atoms with E-state index < -0.39 is 16.1 Å². The summed E-state index contributed by atoms with van der Waals surface area (Å²) in [5.41, 5.74) is 3.18. The molecule has 2 N–H and O–H groups in total. The predicted molar refractivity (Wildman–Crippen MR) is 137 cm³/mol. The molecule has 0 bridgehead atoms. The molecule has 0 aliphatic rings. The summed E-state index contributed by atoms with van der Waals surface area (Å²) in [6.45, 7) is 8.73. The van der Waals surface area contributed by atoms with Gasteiger partial charge in [0.05, 0.1) is 11.0 Å². The van der Waals surface area contributed by atoms with Crippen molar-refractivity contribution in [2.45, 2.75) is 82.8 Å². The molecule has 0 amide bonds. The van der Waals surface area contributed by atoms with Crippen LogP contribution in [-0.4, -0.2) is 49.6 Å². The van der Waals surface area contributed by atoms with E-state index in [1.807, 2.05) is 25.1 Å². The van der Waals surface area contributed by atoms with Crippen LogP contribution in [-0.2, 0) is 29.3 Å². The van der Waals surface area contributed by atoms with Gasteiger partial charge in [-0.15, -0.1) is 0 Å². The average Bonchev–Trinajstić information content (AvgIpc) is 2.78. The van der Waals surface area contributed by atoms with E-state index in [1.165, 1.54) is 9.87 Å². The number of aliphatic hydroxyl groups is 1. The van der Waals surface area contributed by atoms with E-state index in [1.54, 1.807) is 13.1 Å². The number of nitrogens with one attached hydrogen (secondary N) is 1. The molecule has 0 aromatic heterocycles. The zero-order valence-electron chi connectivity index (χ0n) is 21.0. The Bertz CT molecular complexity index is 959. The van der Waals surface area contributed by atoms with Crippen molar-refractivity contribution < 1.29 is 13.5 Å². The van der Waals surface area contributed by atoms with Gasteiger partial charge in [-0.25, -0.2) is 8.42 Å². The molecular formula is C27H42N2O3S. The van der Waals surface area contributed by atoms with Gasteiger partial charge in [0, 0.05) is 25.7 Å². The third kappa shape index (κ3) is 8.53. The lowest BCUT2D eigenvalue weighted by Crippen LogP contribution is -2.46. The summed E-state index contributed by atoms with van der Waals surface area (Å²) in [5, 5.41) is 14.0. The van der Waals surface area contributed by atoms with E-state index in [2.05, 4.69) is 50.4 Å². The van der Waals surface area contributed by atoms with E-state index in [4.69, 9.17) is 0 Å². The number of aliphatic hydroxyl groups excluding tert-OH is 1. The van der Waals surface area contributed by atoms with Crippen LogP contribution in [0, 0.1) is 0 Å². The topological polar surface area (TPSA) is 69.6 Å². The maximum absolute atomic E-state index is 13.2. The molecule has 0 saturated carbocycles. The smallest absolute Gasteiger partial charge is 0.243 e. The Balaban J connectivity index is 1.90. The van der Waals surface area contributed by atoms with Crippen molar-refractivity contribution in [3.63, 3.8) is 0 Å². The number of hydrogen-bond donors (Lipinski definition) is 2. The number of likely N-dealkylation sites (N-methyl/N-ethyl adjacent to an activating group) is 1. The molecule has 5 nitrogen and oxygen atoms in total. The van der Waals surface area contributed by atoms with Crippen LogP contribution in [0.3, 0.4) is 0 Å². The van der Waals surface area contributed by atoms with Crippen molar-refractivity contribution in [2.24, 2.45) is 0 Å². The summed E-state index contributed by atoms with van der Waals surface area (Å²) >= 11 is 0. The molecule has 0 spiro atoms. The fourth-order valence-corrected chi connectivity index (χ4v) is 5.57. The second-order valence-electron chi connectivity index (χ2n) is 9.59. The first-order chi connectivity index (χ1) is 15.6. The van der Waals surface area contributed by atoms with Crippen molar-refractivity contribution in [1.82, 2.24) is 9.62 Å². The molecule has 1 atom stereocenters. The minimum Gasteiger partial charge on any atom is -0.390 e. The Labute approximate surface area is 201 Å². The standard InChI is InChI=1S/C27H42N2O3S/c1-6-12-23-16-17-26(24(7-2)19-23)33(31,32)29(5)21-25(30)20-28-27(3,4)18-11-15-22-13-9-8-10-14-22/h8-10,13-14,16-17,19,25,28,30H,6-7,11-12,15,18,20-21H2,1-5H3/t25-/m1/s1. The summed E-state index contributed by atoms with van der Waals surface area (Å²) < 4.78 is 27.6. The number of hydrogen-bond acceptors (Lipinski definition) is 4. The monoisotopic (exact) mass is 474 g/mol. The van der Waals surface area contributed by atoms with Crippen molar-refractivity contribution in [3.05, 3.63) is 65.2 Å². The number of nitrogens with zero attached hydrogens (tertiary/aromatic N) is 1. The van der Waals surface area contributed by atoms with E-state index in [0.717, 1.165) is 43.2 Å². The third-order valence-corrected chi connectivity index (χ3v) is 8.05. The van der Waals surface area contributed by atoms with E-state index in [0.29, 0.717) is 17.9 Å². The van der Waals surface area contributed by atoms with Gasteiger partial charge in [-0.05, 0) is 68.7 Å². The quantitative estimate of drug-likeness (QED) is 0.421. The zero-order valence-corrected chi connectivity index (χ0v) is 21.8. The van der Waals surface area contributed by atoms with Gasteiger partial charge >= 0.3 is 0 Å². The normalized spacial score (nSPS) is 13.4. The zero-order chi connectivity index (χ0) is 24.5. The van der Waals surface area contributed by atoms with Crippen molar-refractivity contribution >= 4 is 10.0 Å². The van der Waals surface area contributed by atoms with Crippen LogP contribution in [0.25, 0.3) is 0 Å². The van der Waals surface area contributed by atoms with Crippen LogP contribution in [0.15, 0.2) is 53.4 Å². The second-order valence-corrected chi connectivity index (χ2v) is 11.6. The van der Waals surface area contributed by atoms with Crippen LogP contribution in [0.2, 0.25) is 0 Å². The summed E-state index contributed by atoms with van der Waals surface area (Å²) in [5.74, 6) is 0. The number of rotatable bonds is 14. The third-order valence-electron chi connectivity index (χ3n) is 6.13. The van der Waals surface area contributed by atoms with Crippen LogP contribution >= 0.6 is 0 Å². The Morgan fingerprint density at radius 2 is 1.73 bits per heavy atom. The highest BCUT2D eigenvalue weighted by atomic mass is 32.2. The van der Waals surface area contributed by atoms with Gasteiger partial charge in [0.2, 0.25) is 10.0 Å². The second kappa shape index (κ2) is 12.7. The van der Waals surface area contributed by atoms with Gasteiger partial charge in [0.1, 0.15) is 0 Å². The van der Waals surface area contributed by atoms with Gasteiger partial charge in [0.15, 0.2) is 0 Å². The average molecular weight is 475 g/mol. The molecule has 0 aliphatic heterocycles. The Morgan fingerprint density at radius 1 is 1.03 bits per heavy atom. The van der Waals surface area contributed by atoms with Crippen molar-refractivity contribution in [2.75, 3.05) is 20.1 Å². The van der Waals surface area contributed by atoms with Crippen LogP contribution in [0.5, 0.6) is 0 Å². The number of aryl methyl sites for hydroxylation is 3. The van der Waals surface area contributed by atoms with Gasteiger partial charge in [0.25, 0.3) is 0 Å². The SMILES string of the molecule is CCCc1ccc(S(=O)(=O)N(C)C[C@H](O)CNC(C)(C)CCCc2ccccc2)c(CC)c1. The first kappa shape index (κ1) is 27.5. The van der Waals surface area contributed by atoms with Gasteiger partial charge < -0.3 is 10.4 Å². The summed E-state index contributed by atoms with van der Waals surface area (Å²) in [7, 11) is -2.12. The lowest BCUT2D eigenvalue weighted by molar-refractivity contribution is 0.138. The molecule has 33 heavy (non-hydrogen) atoms. The number of β-amino-alcohol motifs (C(OH)–C–C–N with tert-alkyl or cyclic N) is 1. The van der Waals surface area contributed by atoms with Crippen LogP contribution in [0.4, 0.5) is 0 Å². The van der Waals surface area contributed by atoms with E-state index in [-0.39, 0.29) is 12.1 Å². The summed E-state index contributed by atoms with van der Waals surface area (Å²) in [6.07, 6.45) is 4.86. The highest BCUT2D eigenvalue weighted by Gasteiger charge is 2.26. The highest BCUT2D eigenvalue weighted by molar-refractivity contribution is 7.89. The Kier molecular flexibility index (Phi) is 10.6. The molecule has 0 heterocycles. The minimum absolute atomic E-state index is 0.0509. The molecule has 0 aliphatic carbocycles. The summed E-state index contributed by atoms with van der Waals surface area (Å²) in [6, 6.07) is 16.0. The lowest BCUT2D eigenvalue weighted by atomic mass is 9.95. The molecule has 2 aromatic carbocycles. The number of benzene rings is 2.